The van der Waals surface area contributed by atoms with Crippen molar-refractivity contribution in [2.24, 2.45) is 0 Å². The maximum Gasteiger partial charge on any atom is 0.224 e. The fourth-order valence-corrected chi connectivity index (χ4v) is 4.02. The Hall–Kier alpha value is -2.94. The van der Waals surface area contributed by atoms with Crippen molar-refractivity contribution in [2.45, 2.75) is 32.7 Å². The summed E-state index contributed by atoms with van der Waals surface area (Å²) < 4.78 is 0.879. The summed E-state index contributed by atoms with van der Waals surface area (Å²) in [6.45, 7) is 4.50. The SMILES string of the molecule is Cc1csc2c(C(O)NCc3cccnc3)nc(NC(C)c3ccccn3)nc12. The summed E-state index contributed by atoms with van der Waals surface area (Å²) in [6.07, 6.45) is 4.33. The molecule has 4 heterocycles. The number of anilines is 1. The number of aromatic nitrogens is 4. The monoisotopic (exact) mass is 406 g/mol. The van der Waals surface area contributed by atoms with Gasteiger partial charge in [-0.25, -0.2) is 9.97 Å². The predicted molar refractivity (Wildman–Crippen MR) is 114 cm³/mol. The lowest BCUT2D eigenvalue weighted by Gasteiger charge is -2.17. The van der Waals surface area contributed by atoms with E-state index >= 15 is 0 Å². The summed E-state index contributed by atoms with van der Waals surface area (Å²) in [6, 6.07) is 9.55. The van der Waals surface area contributed by atoms with Crippen molar-refractivity contribution in [3.05, 3.63) is 76.8 Å². The zero-order valence-corrected chi connectivity index (χ0v) is 17.0. The minimum Gasteiger partial charge on any atom is -0.373 e. The third kappa shape index (κ3) is 4.40. The van der Waals surface area contributed by atoms with E-state index in [1.165, 1.54) is 11.3 Å². The van der Waals surface area contributed by atoms with Gasteiger partial charge in [-0.1, -0.05) is 12.1 Å². The topological polar surface area (TPSA) is 95.8 Å². The highest BCUT2D eigenvalue weighted by atomic mass is 32.1. The van der Waals surface area contributed by atoms with Gasteiger partial charge in [-0.3, -0.25) is 15.3 Å². The molecule has 0 radical (unpaired) electrons. The highest BCUT2D eigenvalue weighted by molar-refractivity contribution is 7.17. The van der Waals surface area contributed by atoms with Crippen LogP contribution in [0.25, 0.3) is 10.2 Å². The summed E-state index contributed by atoms with van der Waals surface area (Å²) in [7, 11) is 0. The first-order chi connectivity index (χ1) is 14.1. The van der Waals surface area contributed by atoms with Gasteiger partial charge in [0.2, 0.25) is 5.95 Å². The highest BCUT2D eigenvalue weighted by Gasteiger charge is 2.19. The van der Waals surface area contributed by atoms with Crippen LogP contribution in [-0.4, -0.2) is 25.0 Å². The Morgan fingerprint density at radius 1 is 1.14 bits per heavy atom. The quantitative estimate of drug-likeness (QED) is 0.402. The molecule has 4 aromatic rings. The molecule has 7 nitrogen and oxygen atoms in total. The summed E-state index contributed by atoms with van der Waals surface area (Å²) in [5, 5.41) is 19.3. The van der Waals surface area contributed by atoms with E-state index in [1.807, 2.05) is 49.6 Å². The van der Waals surface area contributed by atoms with Gasteiger partial charge >= 0.3 is 0 Å². The van der Waals surface area contributed by atoms with Gasteiger partial charge in [0.15, 0.2) is 0 Å². The average molecular weight is 407 g/mol. The average Bonchev–Trinajstić information content (AvgIpc) is 3.13. The highest BCUT2D eigenvalue weighted by Crippen LogP contribution is 2.31. The molecule has 148 valence electrons. The molecule has 8 heteroatoms. The molecule has 0 fully saturated rings. The van der Waals surface area contributed by atoms with Crippen molar-refractivity contribution in [2.75, 3.05) is 5.32 Å². The van der Waals surface area contributed by atoms with E-state index in [4.69, 9.17) is 0 Å². The lowest BCUT2D eigenvalue weighted by molar-refractivity contribution is 0.134. The largest absolute Gasteiger partial charge is 0.373 e. The molecule has 0 bridgehead atoms. The van der Waals surface area contributed by atoms with E-state index < -0.39 is 6.23 Å². The first-order valence-electron chi connectivity index (χ1n) is 9.35. The minimum absolute atomic E-state index is 0.0686. The van der Waals surface area contributed by atoms with Crippen molar-refractivity contribution in [1.82, 2.24) is 25.3 Å². The summed E-state index contributed by atoms with van der Waals surface area (Å²) in [5.41, 5.74) is 4.35. The van der Waals surface area contributed by atoms with Crippen LogP contribution in [0.15, 0.2) is 54.3 Å². The maximum absolute atomic E-state index is 10.8. The molecule has 4 rings (SSSR count). The number of pyridine rings is 2. The third-order valence-corrected chi connectivity index (χ3v) is 5.69. The van der Waals surface area contributed by atoms with Gasteiger partial charge in [-0.15, -0.1) is 11.3 Å². The number of nitrogens with zero attached hydrogens (tertiary/aromatic N) is 4. The molecule has 2 unspecified atom stereocenters. The van der Waals surface area contributed by atoms with Gasteiger partial charge in [0.05, 0.1) is 22.0 Å². The first kappa shape index (κ1) is 19.4. The normalized spacial score (nSPS) is 13.3. The van der Waals surface area contributed by atoms with Crippen molar-refractivity contribution in [3.8, 4) is 0 Å². The number of aliphatic hydroxyl groups is 1. The Morgan fingerprint density at radius 2 is 2.03 bits per heavy atom. The van der Waals surface area contributed by atoms with E-state index in [0.717, 1.165) is 27.0 Å². The van der Waals surface area contributed by atoms with E-state index in [-0.39, 0.29) is 6.04 Å². The van der Waals surface area contributed by atoms with Crippen molar-refractivity contribution < 1.29 is 5.11 Å². The molecule has 3 N–H and O–H groups in total. The second kappa shape index (κ2) is 8.60. The van der Waals surface area contributed by atoms with E-state index in [1.54, 1.807) is 18.6 Å². The van der Waals surface area contributed by atoms with Crippen LogP contribution in [0.2, 0.25) is 0 Å². The number of hydrogen-bond donors (Lipinski definition) is 3. The summed E-state index contributed by atoms with van der Waals surface area (Å²) in [5.74, 6) is 0.467. The lowest BCUT2D eigenvalue weighted by Crippen LogP contribution is -2.22. The van der Waals surface area contributed by atoms with Gasteiger partial charge in [0.25, 0.3) is 0 Å². The van der Waals surface area contributed by atoms with E-state index in [0.29, 0.717) is 18.2 Å². The molecular formula is C21H22N6OS. The molecule has 0 spiro atoms. The second-order valence-electron chi connectivity index (χ2n) is 6.79. The van der Waals surface area contributed by atoms with E-state index in [9.17, 15) is 5.11 Å². The van der Waals surface area contributed by atoms with Crippen LogP contribution >= 0.6 is 11.3 Å². The molecule has 2 atom stereocenters. The number of aryl methyl sites for hydroxylation is 1. The molecule has 0 aliphatic carbocycles. The van der Waals surface area contributed by atoms with Crippen molar-refractivity contribution in [3.63, 3.8) is 0 Å². The minimum atomic E-state index is -0.926. The number of fused-ring (bicyclic) bond motifs is 1. The lowest BCUT2D eigenvalue weighted by atomic mass is 10.2. The van der Waals surface area contributed by atoms with Crippen LogP contribution in [0.3, 0.4) is 0 Å². The number of nitrogens with one attached hydrogen (secondary N) is 2. The molecule has 0 saturated carbocycles. The summed E-state index contributed by atoms with van der Waals surface area (Å²) >= 11 is 1.54. The van der Waals surface area contributed by atoms with Crippen LogP contribution in [0.5, 0.6) is 0 Å². The Bertz CT molecular complexity index is 1090. The molecule has 0 amide bonds. The van der Waals surface area contributed by atoms with Gasteiger partial charge in [0, 0.05) is 25.1 Å². The van der Waals surface area contributed by atoms with Gasteiger partial charge < -0.3 is 10.4 Å². The first-order valence-corrected chi connectivity index (χ1v) is 10.2. The summed E-state index contributed by atoms with van der Waals surface area (Å²) in [4.78, 5) is 17.8. The number of aliphatic hydroxyl groups excluding tert-OH is 1. The van der Waals surface area contributed by atoms with Crippen molar-refractivity contribution in [1.29, 1.82) is 0 Å². The Kier molecular flexibility index (Phi) is 5.75. The fraction of sp³-hybridized carbons (Fsp3) is 0.238. The van der Waals surface area contributed by atoms with Crippen LogP contribution in [0.4, 0.5) is 5.95 Å². The van der Waals surface area contributed by atoms with Crippen LogP contribution in [-0.2, 0) is 6.54 Å². The van der Waals surface area contributed by atoms with Crippen LogP contribution < -0.4 is 10.6 Å². The maximum atomic E-state index is 10.8. The smallest absolute Gasteiger partial charge is 0.224 e. The molecule has 0 saturated heterocycles. The molecule has 0 aliphatic heterocycles. The molecule has 4 aromatic heterocycles. The Balaban J connectivity index is 1.60. The molecule has 29 heavy (non-hydrogen) atoms. The van der Waals surface area contributed by atoms with Gasteiger partial charge in [0.1, 0.15) is 11.9 Å². The predicted octanol–water partition coefficient (Wildman–Crippen LogP) is 3.74. The fourth-order valence-electron chi connectivity index (χ4n) is 3.02. The zero-order valence-electron chi connectivity index (χ0n) is 16.2. The molecule has 0 aliphatic rings. The number of rotatable bonds is 7. The van der Waals surface area contributed by atoms with Crippen molar-refractivity contribution >= 4 is 27.5 Å². The standard InChI is InChI=1S/C21H22N6OS/c1-13-12-29-19-17(13)26-21(25-14(2)16-7-3-4-9-23-16)27-18(19)20(28)24-11-15-6-5-8-22-10-15/h3-10,12,14,20,24,28H,11H2,1-2H3,(H,25,26,27). The Labute approximate surface area is 172 Å². The zero-order chi connectivity index (χ0) is 20.2. The Morgan fingerprint density at radius 3 is 2.79 bits per heavy atom. The van der Waals surface area contributed by atoms with Crippen LogP contribution in [0.1, 0.15) is 41.7 Å². The second-order valence-corrected chi connectivity index (χ2v) is 7.67. The number of hydrogen-bond acceptors (Lipinski definition) is 8. The van der Waals surface area contributed by atoms with Gasteiger partial charge in [-0.2, -0.15) is 0 Å². The molecular weight excluding hydrogens is 384 g/mol. The van der Waals surface area contributed by atoms with Gasteiger partial charge in [-0.05, 0) is 48.6 Å². The third-order valence-electron chi connectivity index (χ3n) is 4.58. The number of thiophene rings is 1. The molecule has 0 aromatic carbocycles. The van der Waals surface area contributed by atoms with E-state index in [2.05, 4.69) is 30.6 Å². The van der Waals surface area contributed by atoms with Crippen LogP contribution in [0, 0.1) is 6.92 Å².